The van der Waals surface area contributed by atoms with Crippen molar-refractivity contribution in [1.29, 1.82) is 0 Å². The van der Waals surface area contributed by atoms with Gasteiger partial charge >= 0.3 is 18.0 Å². The summed E-state index contributed by atoms with van der Waals surface area (Å²) >= 11 is 0. The molecule has 0 radical (unpaired) electrons. The van der Waals surface area contributed by atoms with Crippen LogP contribution in [0.25, 0.3) is 0 Å². The van der Waals surface area contributed by atoms with Crippen LogP contribution in [0.5, 0.6) is 0 Å². The van der Waals surface area contributed by atoms with Crippen molar-refractivity contribution in [3.63, 3.8) is 0 Å². The molecule has 24 heavy (non-hydrogen) atoms. The van der Waals surface area contributed by atoms with Gasteiger partial charge in [0, 0.05) is 25.2 Å². The summed E-state index contributed by atoms with van der Waals surface area (Å²) in [6, 6.07) is 9.37. The molecule has 1 aromatic carbocycles. The minimum Gasteiger partial charge on any atom is -0.466 e. The van der Waals surface area contributed by atoms with E-state index < -0.39 is 11.9 Å². The Kier molecular flexibility index (Phi) is 9.37. The molecule has 0 aliphatic heterocycles. The monoisotopic (exact) mass is 334 g/mol. The number of benzene rings is 1. The molecule has 2 amide bonds. The number of nitrogens with one attached hydrogen (secondary N) is 2. The van der Waals surface area contributed by atoms with E-state index in [0.29, 0.717) is 25.9 Å². The maximum atomic E-state index is 11.6. The molecule has 0 atom stereocenters. The van der Waals surface area contributed by atoms with E-state index in [0.717, 1.165) is 17.7 Å². The SMILES string of the molecule is COC(=O)/C=C/C(=O)OCCCCNC(=O)NCc1ccccc1. The number of amides is 2. The fourth-order valence-electron chi connectivity index (χ4n) is 1.69. The maximum Gasteiger partial charge on any atom is 0.331 e. The zero-order chi connectivity index (χ0) is 17.6. The molecule has 0 saturated heterocycles. The number of carbonyl (C=O) groups is 3. The topological polar surface area (TPSA) is 93.7 Å². The molecule has 2 N–H and O–H groups in total. The third-order valence-corrected chi connectivity index (χ3v) is 2.95. The summed E-state index contributed by atoms with van der Waals surface area (Å²) in [6.07, 6.45) is 3.30. The minimum atomic E-state index is -0.613. The number of hydrogen-bond donors (Lipinski definition) is 2. The molecule has 7 heteroatoms. The summed E-state index contributed by atoms with van der Waals surface area (Å²) in [6.45, 7) is 1.17. The third-order valence-electron chi connectivity index (χ3n) is 2.95. The van der Waals surface area contributed by atoms with Gasteiger partial charge in [0.1, 0.15) is 0 Å². The Morgan fingerprint density at radius 1 is 1.00 bits per heavy atom. The van der Waals surface area contributed by atoms with Crippen LogP contribution < -0.4 is 10.6 Å². The van der Waals surface area contributed by atoms with Gasteiger partial charge in [0.15, 0.2) is 0 Å². The smallest absolute Gasteiger partial charge is 0.331 e. The molecule has 1 rings (SSSR count). The van der Waals surface area contributed by atoms with E-state index in [-0.39, 0.29) is 12.6 Å². The predicted octanol–water partition coefficient (Wildman–Crippen LogP) is 1.54. The second kappa shape index (κ2) is 11.7. The van der Waals surface area contributed by atoms with Crippen molar-refractivity contribution >= 4 is 18.0 Å². The molecule has 7 nitrogen and oxygen atoms in total. The van der Waals surface area contributed by atoms with Crippen molar-refractivity contribution in [3.8, 4) is 0 Å². The second-order valence-corrected chi connectivity index (χ2v) is 4.83. The molecule has 0 heterocycles. The number of methoxy groups -OCH3 is 1. The number of urea groups is 1. The number of hydrogen-bond acceptors (Lipinski definition) is 5. The highest BCUT2D eigenvalue weighted by Gasteiger charge is 2.01. The van der Waals surface area contributed by atoms with Gasteiger partial charge in [-0.2, -0.15) is 0 Å². The molecule has 0 saturated carbocycles. The number of carbonyl (C=O) groups excluding carboxylic acids is 3. The zero-order valence-corrected chi connectivity index (χ0v) is 13.6. The Morgan fingerprint density at radius 3 is 2.42 bits per heavy atom. The van der Waals surface area contributed by atoms with Gasteiger partial charge in [-0.25, -0.2) is 14.4 Å². The summed E-state index contributed by atoms with van der Waals surface area (Å²) < 4.78 is 9.24. The minimum absolute atomic E-state index is 0.220. The molecule has 1 aromatic rings. The standard InChI is InChI=1S/C17H22N2O5/c1-23-15(20)9-10-16(21)24-12-6-5-11-18-17(22)19-13-14-7-3-2-4-8-14/h2-4,7-10H,5-6,11-13H2,1H3,(H2,18,19,22)/b10-9+. The summed E-state index contributed by atoms with van der Waals surface area (Å²) in [5, 5.41) is 5.48. The molecule has 0 aliphatic rings. The first-order valence-electron chi connectivity index (χ1n) is 7.60. The van der Waals surface area contributed by atoms with Crippen LogP contribution in [0.15, 0.2) is 42.5 Å². The molecular weight excluding hydrogens is 312 g/mol. The van der Waals surface area contributed by atoms with Crippen molar-refractivity contribution in [3.05, 3.63) is 48.0 Å². The zero-order valence-electron chi connectivity index (χ0n) is 13.6. The lowest BCUT2D eigenvalue weighted by atomic mass is 10.2. The Morgan fingerprint density at radius 2 is 1.71 bits per heavy atom. The molecule has 0 aliphatic carbocycles. The van der Waals surface area contributed by atoms with Crippen molar-refractivity contribution in [1.82, 2.24) is 10.6 Å². The van der Waals surface area contributed by atoms with Crippen molar-refractivity contribution in [2.24, 2.45) is 0 Å². The number of ether oxygens (including phenoxy) is 2. The molecule has 0 aromatic heterocycles. The first-order chi connectivity index (χ1) is 11.6. The van der Waals surface area contributed by atoms with Crippen LogP contribution in [0, 0.1) is 0 Å². The largest absolute Gasteiger partial charge is 0.466 e. The van der Waals surface area contributed by atoms with Gasteiger partial charge in [0.2, 0.25) is 0 Å². The highest BCUT2D eigenvalue weighted by atomic mass is 16.5. The lowest BCUT2D eigenvalue weighted by molar-refractivity contribution is -0.139. The first kappa shape index (κ1) is 19.2. The molecule has 0 unspecified atom stereocenters. The van der Waals surface area contributed by atoms with Crippen LogP contribution in [-0.4, -0.2) is 38.2 Å². The van der Waals surface area contributed by atoms with E-state index >= 15 is 0 Å². The highest BCUT2D eigenvalue weighted by Crippen LogP contribution is 1.97. The van der Waals surface area contributed by atoms with Gasteiger partial charge in [-0.3, -0.25) is 0 Å². The average Bonchev–Trinajstić information content (AvgIpc) is 2.61. The Labute approximate surface area is 141 Å². The maximum absolute atomic E-state index is 11.6. The van der Waals surface area contributed by atoms with Gasteiger partial charge in [0.05, 0.1) is 13.7 Å². The fourth-order valence-corrected chi connectivity index (χ4v) is 1.69. The Balaban J connectivity index is 2.01. The van der Waals surface area contributed by atoms with Gasteiger partial charge in [-0.1, -0.05) is 30.3 Å². The van der Waals surface area contributed by atoms with E-state index in [4.69, 9.17) is 4.74 Å². The van der Waals surface area contributed by atoms with Crippen LogP contribution in [0.4, 0.5) is 4.79 Å². The van der Waals surface area contributed by atoms with Gasteiger partial charge < -0.3 is 20.1 Å². The van der Waals surface area contributed by atoms with Crippen molar-refractivity contribution in [2.75, 3.05) is 20.3 Å². The van der Waals surface area contributed by atoms with Crippen molar-refractivity contribution in [2.45, 2.75) is 19.4 Å². The predicted molar refractivity (Wildman–Crippen MR) is 88.0 cm³/mol. The van der Waals surface area contributed by atoms with Crippen LogP contribution in [-0.2, 0) is 25.6 Å². The quantitative estimate of drug-likeness (QED) is 0.406. The fraction of sp³-hybridized carbons (Fsp3) is 0.353. The molecule has 0 bridgehead atoms. The van der Waals surface area contributed by atoms with Gasteiger partial charge in [-0.05, 0) is 18.4 Å². The van der Waals surface area contributed by atoms with Crippen LogP contribution in [0.3, 0.4) is 0 Å². The molecule has 130 valence electrons. The lowest BCUT2D eigenvalue weighted by Gasteiger charge is -2.07. The number of unbranched alkanes of at least 4 members (excludes halogenated alkanes) is 1. The first-order valence-corrected chi connectivity index (χ1v) is 7.60. The van der Waals surface area contributed by atoms with Gasteiger partial charge in [0.25, 0.3) is 0 Å². The average molecular weight is 334 g/mol. The van der Waals surface area contributed by atoms with E-state index in [9.17, 15) is 14.4 Å². The summed E-state index contributed by atoms with van der Waals surface area (Å²) in [5.74, 6) is -1.22. The normalized spacial score (nSPS) is 10.2. The van der Waals surface area contributed by atoms with Crippen molar-refractivity contribution < 1.29 is 23.9 Å². The highest BCUT2D eigenvalue weighted by molar-refractivity contribution is 5.91. The molecule has 0 fully saturated rings. The Hall–Kier alpha value is -2.83. The Bertz CT molecular complexity index is 557. The lowest BCUT2D eigenvalue weighted by Crippen LogP contribution is -2.35. The van der Waals surface area contributed by atoms with E-state index in [1.807, 2.05) is 30.3 Å². The summed E-state index contributed by atoms with van der Waals surface area (Å²) in [5.41, 5.74) is 1.03. The van der Waals surface area contributed by atoms with Crippen LogP contribution in [0.2, 0.25) is 0 Å². The van der Waals surface area contributed by atoms with E-state index in [2.05, 4.69) is 15.4 Å². The third kappa shape index (κ3) is 9.24. The second-order valence-electron chi connectivity index (χ2n) is 4.83. The molecule has 0 spiro atoms. The number of rotatable bonds is 9. The van der Waals surface area contributed by atoms with Gasteiger partial charge in [-0.15, -0.1) is 0 Å². The summed E-state index contributed by atoms with van der Waals surface area (Å²) in [7, 11) is 1.22. The number of esters is 2. The van der Waals surface area contributed by atoms with Crippen LogP contribution >= 0.6 is 0 Å². The van der Waals surface area contributed by atoms with E-state index in [1.165, 1.54) is 7.11 Å². The van der Waals surface area contributed by atoms with Crippen LogP contribution in [0.1, 0.15) is 18.4 Å². The molecular formula is C17H22N2O5. The summed E-state index contributed by atoms with van der Waals surface area (Å²) in [4.78, 5) is 33.6. The van der Waals surface area contributed by atoms with E-state index in [1.54, 1.807) is 0 Å².